The van der Waals surface area contributed by atoms with Gasteiger partial charge >= 0.3 is 0 Å². The van der Waals surface area contributed by atoms with Crippen molar-refractivity contribution >= 4 is 10.9 Å². The number of fused-ring (bicyclic) bond motifs is 1. The first-order valence-corrected chi connectivity index (χ1v) is 5.81. The molecule has 17 heavy (non-hydrogen) atoms. The molecule has 0 fully saturated rings. The summed E-state index contributed by atoms with van der Waals surface area (Å²) < 4.78 is 5.41. The molecule has 0 N–H and O–H groups in total. The van der Waals surface area contributed by atoms with Gasteiger partial charge in [0, 0.05) is 5.39 Å². The second kappa shape index (κ2) is 4.06. The predicted molar refractivity (Wildman–Crippen MR) is 68.8 cm³/mol. The first-order chi connectivity index (χ1) is 8.38. The van der Waals surface area contributed by atoms with E-state index in [0.717, 1.165) is 23.4 Å². The average molecular weight is 223 g/mol. The number of hydrogen-bond donors (Lipinski definition) is 0. The summed E-state index contributed by atoms with van der Waals surface area (Å²) in [4.78, 5) is 4.63. The highest BCUT2D eigenvalue weighted by atomic mass is 16.3. The van der Waals surface area contributed by atoms with Crippen LogP contribution >= 0.6 is 0 Å². The number of benzene rings is 1. The van der Waals surface area contributed by atoms with Gasteiger partial charge in [-0.3, -0.25) is 0 Å². The van der Waals surface area contributed by atoms with Gasteiger partial charge in [0.05, 0.1) is 11.8 Å². The summed E-state index contributed by atoms with van der Waals surface area (Å²) in [6, 6.07) is 14.2. The Bertz CT molecular complexity index is 641. The van der Waals surface area contributed by atoms with Crippen molar-refractivity contribution in [2.45, 2.75) is 13.3 Å². The first-order valence-electron chi connectivity index (χ1n) is 5.81. The molecule has 2 aromatic heterocycles. The fourth-order valence-corrected chi connectivity index (χ4v) is 2.09. The van der Waals surface area contributed by atoms with Crippen LogP contribution in [0.3, 0.4) is 0 Å². The zero-order valence-corrected chi connectivity index (χ0v) is 9.68. The SMILES string of the molecule is CCc1cc(-c2ccco2)nc2ccccc12. The number of rotatable bonds is 2. The van der Waals surface area contributed by atoms with Crippen molar-refractivity contribution < 1.29 is 4.42 Å². The molecule has 0 atom stereocenters. The Morgan fingerprint density at radius 1 is 1.12 bits per heavy atom. The van der Waals surface area contributed by atoms with E-state index in [4.69, 9.17) is 4.42 Å². The lowest BCUT2D eigenvalue weighted by molar-refractivity contribution is 0.580. The monoisotopic (exact) mass is 223 g/mol. The second-order valence-corrected chi connectivity index (χ2v) is 4.01. The minimum absolute atomic E-state index is 0.824. The van der Waals surface area contributed by atoms with E-state index in [1.54, 1.807) is 6.26 Å². The van der Waals surface area contributed by atoms with Crippen LogP contribution in [0, 0.1) is 0 Å². The maximum Gasteiger partial charge on any atom is 0.152 e. The van der Waals surface area contributed by atoms with E-state index in [0.29, 0.717) is 0 Å². The summed E-state index contributed by atoms with van der Waals surface area (Å²) in [5.74, 6) is 0.824. The summed E-state index contributed by atoms with van der Waals surface area (Å²) in [7, 11) is 0. The highest BCUT2D eigenvalue weighted by molar-refractivity contribution is 5.84. The highest BCUT2D eigenvalue weighted by Crippen LogP contribution is 2.25. The second-order valence-electron chi connectivity index (χ2n) is 4.01. The Kier molecular flexibility index (Phi) is 2.41. The van der Waals surface area contributed by atoms with Crippen LogP contribution in [0.25, 0.3) is 22.4 Å². The number of aryl methyl sites for hydroxylation is 1. The number of aromatic nitrogens is 1. The van der Waals surface area contributed by atoms with E-state index in [9.17, 15) is 0 Å². The molecule has 2 heteroatoms. The minimum Gasteiger partial charge on any atom is -0.463 e. The van der Waals surface area contributed by atoms with Crippen LogP contribution in [0.5, 0.6) is 0 Å². The summed E-state index contributed by atoms with van der Waals surface area (Å²) in [5, 5.41) is 1.23. The van der Waals surface area contributed by atoms with Gasteiger partial charge in [-0.15, -0.1) is 0 Å². The molecule has 0 spiro atoms. The van der Waals surface area contributed by atoms with Crippen LogP contribution in [0.4, 0.5) is 0 Å². The molecular formula is C15H13NO. The van der Waals surface area contributed by atoms with Crippen LogP contribution in [0.15, 0.2) is 53.1 Å². The normalized spacial score (nSPS) is 10.9. The summed E-state index contributed by atoms with van der Waals surface area (Å²) >= 11 is 0. The van der Waals surface area contributed by atoms with Gasteiger partial charge in [0.25, 0.3) is 0 Å². The van der Waals surface area contributed by atoms with Gasteiger partial charge in [-0.05, 0) is 36.2 Å². The van der Waals surface area contributed by atoms with E-state index >= 15 is 0 Å². The van der Waals surface area contributed by atoms with Crippen molar-refractivity contribution in [3.8, 4) is 11.5 Å². The number of furan rings is 1. The quantitative estimate of drug-likeness (QED) is 0.654. The number of para-hydroxylation sites is 1. The Hall–Kier alpha value is -2.09. The van der Waals surface area contributed by atoms with E-state index in [1.165, 1.54) is 10.9 Å². The van der Waals surface area contributed by atoms with Gasteiger partial charge in [-0.1, -0.05) is 25.1 Å². The van der Waals surface area contributed by atoms with Crippen molar-refractivity contribution in [1.29, 1.82) is 0 Å². The molecule has 0 amide bonds. The molecule has 0 saturated carbocycles. The smallest absolute Gasteiger partial charge is 0.152 e. The molecular weight excluding hydrogens is 210 g/mol. The third-order valence-corrected chi connectivity index (χ3v) is 2.96. The average Bonchev–Trinajstić information content (AvgIpc) is 2.91. The van der Waals surface area contributed by atoms with Gasteiger partial charge in [0.15, 0.2) is 5.76 Å². The summed E-state index contributed by atoms with van der Waals surface area (Å²) in [6.07, 6.45) is 2.68. The maximum atomic E-state index is 5.41. The molecule has 84 valence electrons. The van der Waals surface area contributed by atoms with Crippen LogP contribution < -0.4 is 0 Å². The molecule has 0 radical (unpaired) electrons. The molecule has 1 aromatic carbocycles. The third kappa shape index (κ3) is 1.72. The summed E-state index contributed by atoms with van der Waals surface area (Å²) in [6.45, 7) is 2.16. The van der Waals surface area contributed by atoms with E-state index in [2.05, 4.69) is 30.1 Å². The van der Waals surface area contributed by atoms with Gasteiger partial charge in [-0.2, -0.15) is 0 Å². The van der Waals surface area contributed by atoms with E-state index in [1.807, 2.05) is 24.3 Å². The maximum absolute atomic E-state index is 5.41. The molecule has 2 nitrogen and oxygen atoms in total. The number of pyridine rings is 1. The van der Waals surface area contributed by atoms with Gasteiger partial charge in [0.2, 0.25) is 0 Å². The summed E-state index contributed by atoms with van der Waals surface area (Å²) in [5.41, 5.74) is 3.24. The molecule has 0 aliphatic heterocycles. The topological polar surface area (TPSA) is 26.0 Å². The Balaban J connectivity index is 2.28. The molecule has 0 unspecified atom stereocenters. The van der Waals surface area contributed by atoms with Crippen molar-refractivity contribution in [3.63, 3.8) is 0 Å². The molecule has 0 aliphatic rings. The zero-order valence-electron chi connectivity index (χ0n) is 9.68. The molecule has 3 aromatic rings. The predicted octanol–water partition coefficient (Wildman–Crippen LogP) is 4.06. The fraction of sp³-hybridized carbons (Fsp3) is 0.133. The van der Waals surface area contributed by atoms with Crippen LogP contribution in [-0.4, -0.2) is 4.98 Å². The minimum atomic E-state index is 0.824. The Morgan fingerprint density at radius 2 is 2.00 bits per heavy atom. The van der Waals surface area contributed by atoms with Crippen molar-refractivity contribution in [2.24, 2.45) is 0 Å². The van der Waals surface area contributed by atoms with Crippen molar-refractivity contribution in [1.82, 2.24) is 4.98 Å². The van der Waals surface area contributed by atoms with Gasteiger partial charge in [0.1, 0.15) is 5.69 Å². The molecule has 0 bridgehead atoms. The number of nitrogens with zero attached hydrogens (tertiary/aromatic N) is 1. The fourth-order valence-electron chi connectivity index (χ4n) is 2.09. The molecule has 3 rings (SSSR count). The lowest BCUT2D eigenvalue weighted by Crippen LogP contribution is -1.90. The standard InChI is InChI=1S/C15H13NO/c1-2-11-10-14(15-8-5-9-17-15)16-13-7-4-3-6-12(11)13/h3-10H,2H2,1H3. The van der Waals surface area contributed by atoms with Gasteiger partial charge < -0.3 is 4.42 Å². The Morgan fingerprint density at radius 3 is 2.76 bits per heavy atom. The van der Waals surface area contributed by atoms with Crippen LogP contribution in [0.1, 0.15) is 12.5 Å². The van der Waals surface area contributed by atoms with Crippen LogP contribution in [0.2, 0.25) is 0 Å². The van der Waals surface area contributed by atoms with E-state index < -0.39 is 0 Å². The van der Waals surface area contributed by atoms with Crippen LogP contribution in [-0.2, 0) is 6.42 Å². The lowest BCUT2D eigenvalue weighted by atomic mass is 10.0. The molecule has 0 saturated heterocycles. The zero-order chi connectivity index (χ0) is 11.7. The van der Waals surface area contributed by atoms with Crippen molar-refractivity contribution in [3.05, 3.63) is 54.3 Å². The third-order valence-electron chi connectivity index (χ3n) is 2.96. The highest BCUT2D eigenvalue weighted by Gasteiger charge is 2.07. The molecule has 0 aliphatic carbocycles. The van der Waals surface area contributed by atoms with Gasteiger partial charge in [-0.25, -0.2) is 4.98 Å². The Labute approximate surface area is 99.9 Å². The lowest BCUT2D eigenvalue weighted by Gasteiger charge is -2.06. The molecule has 2 heterocycles. The van der Waals surface area contributed by atoms with E-state index in [-0.39, 0.29) is 0 Å². The number of hydrogen-bond acceptors (Lipinski definition) is 2. The largest absolute Gasteiger partial charge is 0.463 e. The first kappa shape index (κ1) is 10.1. The van der Waals surface area contributed by atoms with Crippen molar-refractivity contribution in [2.75, 3.05) is 0 Å².